The number of hydrogen-bond acceptors (Lipinski definition) is 10. The lowest BCUT2D eigenvalue weighted by molar-refractivity contribution is -0.118. The van der Waals surface area contributed by atoms with E-state index in [1.54, 1.807) is 6.07 Å². The Labute approximate surface area is 219 Å². The van der Waals surface area contributed by atoms with Gasteiger partial charge in [0, 0.05) is 24.9 Å². The van der Waals surface area contributed by atoms with Gasteiger partial charge in [-0.3, -0.25) is 9.69 Å². The van der Waals surface area contributed by atoms with Gasteiger partial charge < -0.3 is 24.4 Å². The molecular weight excluding hydrogens is 521 g/mol. The molecule has 0 saturated carbocycles. The van der Waals surface area contributed by atoms with E-state index in [0.717, 1.165) is 11.8 Å². The SMILES string of the molecule is CN(CCC1CN(c2cnc3c(n2)NC(=O)CO3)C(=O)O1)C1Cc2cc(OCCS(C)(=O)=O)cc(F)c2C1. The Hall–Kier alpha value is -3.52. The molecular formula is C24H28FN5O7S. The van der Waals surface area contributed by atoms with Crippen LogP contribution < -0.4 is 19.7 Å². The van der Waals surface area contributed by atoms with Crippen molar-refractivity contribution in [1.82, 2.24) is 14.9 Å². The van der Waals surface area contributed by atoms with Gasteiger partial charge in [0.25, 0.3) is 11.8 Å². The minimum Gasteiger partial charge on any atom is -0.492 e. The maximum Gasteiger partial charge on any atom is 0.415 e. The van der Waals surface area contributed by atoms with E-state index in [-0.39, 0.29) is 66.9 Å². The molecule has 1 saturated heterocycles. The van der Waals surface area contributed by atoms with E-state index in [0.29, 0.717) is 37.1 Å². The Kier molecular flexibility index (Phi) is 7.09. The number of nitrogens with zero attached hydrogens (tertiary/aromatic N) is 4. The summed E-state index contributed by atoms with van der Waals surface area (Å²) in [6, 6.07) is 3.14. The second-order valence-corrected chi connectivity index (χ2v) is 11.9. The van der Waals surface area contributed by atoms with Gasteiger partial charge in [0.1, 0.15) is 24.3 Å². The van der Waals surface area contributed by atoms with Crippen LogP contribution in [0, 0.1) is 5.82 Å². The predicted octanol–water partition coefficient (Wildman–Crippen LogP) is 1.18. The highest BCUT2D eigenvalue weighted by Crippen LogP contribution is 2.32. The first-order chi connectivity index (χ1) is 18.1. The molecule has 3 heterocycles. The second-order valence-electron chi connectivity index (χ2n) is 9.69. The Bertz CT molecular complexity index is 1370. The highest BCUT2D eigenvalue weighted by atomic mass is 32.2. The van der Waals surface area contributed by atoms with Crippen molar-refractivity contribution in [1.29, 1.82) is 0 Å². The number of anilines is 2. The van der Waals surface area contributed by atoms with Gasteiger partial charge in [0.15, 0.2) is 28.1 Å². The third-order valence-electron chi connectivity index (χ3n) is 6.78. The molecule has 2 atom stereocenters. The number of sulfone groups is 1. The van der Waals surface area contributed by atoms with Crippen LogP contribution in [0.3, 0.4) is 0 Å². The second kappa shape index (κ2) is 10.3. The molecule has 0 bridgehead atoms. The average Bonchev–Trinajstić information content (AvgIpc) is 3.45. The lowest BCUT2D eigenvalue weighted by atomic mass is 10.1. The molecule has 2 amide bonds. The molecule has 1 aromatic carbocycles. The summed E-state index contributed by atoms with van der Waals surface area (Å²) >= 11 is 0. The number of rotatable bonds is 9. The predicted molar refractivity (Wildman–Crippen MR) is 134 cm³/mol. The molecule has 204 valence electrons. The minimum absolute atomic E-state index is 0.0308. The molecule has 0 radical (unpaired) electrons. The maximum absolute atomic E-state index is 14.7. The van der Waals surface area contributed by atoms with E-state index >= 15 is 0 Å². The maximum atomic E-state index is 14.7. The number of nitrogens with one attached hydrogen (secondary N) is 1. The fourth-order valence-electron chi connectivity index (χ4n) is 4.72. The number of ether oxygens (including phenoxy) is 3. The summed E-state index contributed by atoms with van der Waals surface area (Å²) < 4.78 is 53.5. The normalized spacial score (nSPS) is 20.6. The number of aromatic nitrogens is 2. The molecule has 14 heteroatoms. The van der Waals surface area contributed by atoms with Crippen molar-refractivity contribution in [3.05, 3.63) is 35.3 Å². The quantitative estimate of drug-likeness (QED) is 0.485. The first kappa shape index (κ1) is 26.1. The van der Waals surface area contributed by atoms with Crippen LogP contribution in [0.5, 0.6) is 11.6 Å². The van der Waals surface area contributed by atoms with E-state index in [2.05, 4.69) is 20.2 Å². The Balaban J connectivity index is 1.14. The summed E-state index contributed by atoms with van der Waals surface area (Å²) in [4.78, 5) is 35.9. The molecule has 3 aliphatic rings. The molecule has 2 aliphatic heterocycles. The standard InChI is InChI=1S/C24H28FN5O7S/c1-29(15-7-14-8-17(10-19(25)18(14)9-15)35-5-6-38(2,33)34)4-3-16-12-30(24(32)37-16)20-11-26-23-22(27-20)28-21(31)13-36-23/h8,10-11,15-16H,3-7,9,12-13H2,1-2H3,(H,27,28,31). The first-order valence-electron chi connectivity index (χ1n) is 12.2. The molecule has 38 heavy (non-hydrogen) atoms. The lowest BCUT2D eigenvalue weighted by Gasteiger charge is -2.25. The van der Waals surface area contributed by atoms with Crippen LogP contribution in [0.25, 0.3) is 0 Å². The number of carbonyl (C=O) groups excluding carboxylic acids is 2. The summed E-state index contributed by atoms with van der Waals surface area (Å²) in [7, 11) is -1.22. The van der Waals surface area contributed by atoms with Gasteiger partial charge in [0.05, 0.1) is 18.5 Å². The van der Waals surface area contributed by atoms with E-state index in [1.165, 1.54) is 17.2 Å². The topological polar surface area (TPSA) is 140 Å². The van der Waals surface area contributed by atoms with E-state index in [4.69, 9.17) is 14.2 Å². The fraction of sp³-hybridized carbons (Fsp3) is 0.500. The van der Waals surface area contributed by atoms with Crippen LogP contribution in [0.4, 0.5) is 20.8 Å². The summed E-state index contributed by atoms with van der Waals surface area (Å²) in [5.41, 5.74) is 1.48. The molecule has 12 nitrogen and oxygen atoms in total. The van der Waals surface area contributed by atoms with Gasteiger partial charge in [-0.2, -0.15) is 0 Å². The highest BCUT2D eigenvalue weighted by molar-refractivity contribution is 7.90. The largest absolute Gasteiger partial charge is 0.492 e. The highest BCUT2D eigenvalue weighted by Gasteiger charge is 2.35. The van der Waals surface area contributed by atoms with E-state index < -0.39 is 15.9 Å². The summed E-state index contributed by atoms with van der Waals surface area (Å²) in [6.45, 7) is 0.727. The van der Waals surface area contributed by atoms with Crippen LogP contribution in [-0.4, -0.2) is 92.8 Å². The van der Waals surface area contributed by atoms with Gasteiger partial charge in [-0.25, -0.2) is 27.6 Å². The van der Waals surface area contributed by atoms with Crippen LogP contribution >= 0.6 is 0 Å². The zero-order valence-electron chi connectivity index (χ0n) is 21.0. The van der Waals surface area contributed by atoms with Crippen molar-refractivity contribution in [2.75, 3.05) is 55.6 Å². The summed E-state index contributed by atoms with van der Waals surface area (Å²) in [5.74, 6) is 0.0885. The Morgan fingerprint density at radius 1 is 1.29 bits per heavy atom. The van der Waals surface area contributed by atoms with Crippen LogP contribution in [-0.2, 0) is 32.2 Å². The summed E-state index contributed by atoms with van der Waals surface area (Å²) in [5, 5.41) is 2.57. The number of cyclic esters (lactones) is 1. The minimum atomic E-state index is -3.16. The van der Waals surface area contributed by atoms with E-state index in [1.807, 2.05) is 7.05 Å². The number of carbonyl (C=O) groups is 2. The van der Waals surface area contributed by atoms with Gasteiger partial charge >= 0.3 is 6.09 Å². The number of amides is 2. The number of hydrogen-bond donors (Lipinski definition) is 1. The molecule has 5 rings (SSSR count). The lowest BCUT2D eigenvalue weighted by Crippen LogP contribution is -2.35. The fourth-order valence-corrected chi connectivity index (χ4v) is 5.11. The zero-order valence-corrected chi connectivity index (χ0v) is 21.8. The summed E-state index contributed by atoms with van der Waals surface area (Å²) in [6.07, 6.45) is 3.33. The van der Waals surface area contributed by atoms with Gasteiger partial charge in [0.2, 0.25) is 0 Å². The molecule has 2 aromatic rings. The molecule has 1 fully saturated rings. The number of fused-ring (bicyclic) bond motifs is 2. The molecule has 0 spiro atoms. The first-order valence-corrected chi connectivity index (χ1v) is 14.2. The van der Waals surface area contributed by atoms with Crippen molar-refractivity contribution in [3.63, 3.8) is 0 Å². The van der Waals surface area contributed by atoms with Crippen molar-refractivity contribution < 1.29 is 36.6 Å². The number of benzene rings is 1. The van der Waals surface area contributed by atoms with Crippen LogP contribution in [0.1, 0.15) is 17.5 Å². The van der Waals surface area contributed by atoms with Crippen molar-refractivity contribution in [2.24, 2.45) is 0 Å². The third-order valence-corrected chi connectivity index (χ3v) is 7.69. The Morgan fingerprint density at radius 3 is 2.89 bits per heavy atom. The third kappa shape index (κ3) is 5.80. The smallest absolute Gasteiger partial charge is 0.415 e. The molecule has 1 N–H and O–H groups in total. The van der Waals surface area contributed by atoms with Crippen LogP contribution in [0.2, 0.25) is 0 Å². The average molecular weight is 550 g/mol. The van der Waals surface area contributed by atoms with E-state index in [9.17, 15) is 22.4 Å². The van der Waals surface area contributed by atoms with Gasteiger partial charge in [-0.15, -0.1) is 0 Å². The van der Waals surface area contributed by atoms with Crippen molar-refractivity contribution >= 4 is 33.5 Å². The monoisotopic (exact) mass is 549 g/mol. The van der Waals surface area contributed by atoms with Crippen molar-refractivity contribution in [3.8, 4) is 11.6 Å². The van der Waals surface area contributed by atoms with Crippen LogP contribution in [0.15, 0.2) is 18.3 Å². The number of halogens is 1. The van der Waals surface area contributed by atoms with Crippen molar-refractivity contribution in [2.45, 2.75) is 31.4 Å². The van der Waals surface area contributed by atoms with Gasteiger partial charge in [-0.1, -0.05) is 0 Å². The molecule has 1 aliphatic carbocycles. The van der Waals surface area contributed by atoms with Gasteiger partial charge in [-0.05, 0) is 43.5 Å². The molecule has 1 aromatic heterocycles. The zero-order chi connectivity index (χ0) is 27.0. The Morgan fingerprint density at radius 2 is 2.11 bits per heavy atom. The molecule has 2 unspecified atom stereocenters. The number of likely N-dealkylation sites (N-methyl/N-ethyl adjacent to an activating group) is 1.